The number of benzene rings is 2. The molecule has 2 heterocycles. The number of aryl methyl sites for hydroxylation is 1. The van der Waals surface area contributed by atoms with Gasteiger partial charge in [-0.05, 0) is 73.9 Å². The summed E-state index contributed by atoms with van der Waals surface area (Å²) < 4.78 is 0. The summed E-state index contributed by atoms with van der Waals surface area (Å²) in [6, 6.07) is 15.3. The molecule has 1 saturated heterocycles. The van der Waals surface area contributed by atoms with Crippen LogP contribution in [0.1, 0.15) is 48.5 Å². The van der Waals surface area contributed by atoms with E-state index in [0.717, 1.165) is 50.9 Å². The second-order valence-corrected chi connectivity index (χ2v) is 8.22. The Hall–Kier alpha value is -2.82. The van der Waals surface area contributed by atoms with E-state index in [0.29, 0.717) is 23.7 Å². The van der Waals surface area contributed by atoms with Gasteiger partial charge in [-0.15, -0.1) is 0 Å². The van der Waals surface area contributed by atoms with E-state index in [1.807, 2.05) is 52.3 Å². The van der Waals surface area contributed by atoms with E-state index >= 15 is 0 Å². The summed E-state index contributed by atoms with van der Waals surface area (Å²) in [6.45, 7) is 4.61. The number of rotatable bonds is 2. The summed E-state index contributed by atoms with van der Waals surface area (Å²) >= 11 is 0. The number of piperidine rings is 1. The van der Waals surface area contributed by atoms with E-state index in [1.54, 1.807) is 0 Å². The van der Waals surface area contributed by atoms with Crippen molar-refractivity contribution in [3.8, 4) is 0 Å². The van der Waals surface area contributed by atoms with Gasteiger partial charge < -0.3 is 10.2 Å². The third kappa shape index (κ3) is 4.44. The molecule has 2 aliphatic heterocycles. The van der Waals surface area contributed by atoms with Crippen LogP contribution in [-0.4, -0.2) is 36.5 Å². The number of amides is 3. The van der Waals surface area contributed by atoms with Crippen LogP contribution in [-0.2, 0) is 6.42 Å². The first kappa shape index (κ1) is 19.5. The van der Waals surface area contributed by atoms with Crippen molar-refractivity contribution in [3.05, 3.63) is 59.7 Å². The highest BCUT2D eigenvalue weighted by Crippen LogP contribution is 2.27. The van der Waals surface area contributed by atoms with Gasteiger partial charge in [0.15, 0.2) is 0 Å². The number of likely N-dealkylation sites (tertiary alicyclic amines) is 1. The third-order valence-corrected chi connectivity index (χ3v) is 6.06. The van der Waals surface area contributed by atoms with Gasteiger partial charge in [0.2, 0.25) is 0 Å². The van der Waals surface area contributed by atoms with Crippen molar-refractivity contribution in [2.45, 2.75) is 39.0 Å². The van der Waals surface area contributed by atoms with Crippen LogP contribution in [0.5, 0.6) is 0 Å². The highest BCUT2D eigenvalue weighted by atomic mass is 16.2. The Labute approximate surface area is 172 Å². The predicted octanol–water partition coefficient (Wildman–Crippen LogP) is 4.93. The Morgan fingerprint density at radius 3 is 2.41 bits per heavy atom. The summed E-state index contributed by atoms with van der Waals surface area (Å²) in [7, 11) is 0. The molecule has 0 radical (unpaired) electrons. The number of carbonyl (C=O) groups is 2. The normalized spacial score (nSPS) is 17.4. The number of fused-ring (bicyclic) bond motifs is 1. The second-order valence-electron chi connectivity index (χ2n) is 8.22. The number of urea groups is 1. The number of para-hydroxylation sites is 1. The van der Waals surface area contributed by atoms with E-state index in [1.165, 1.54) is 5.56 Å². The van der Waals surface area contributed by atoms with Gasteiger partial charge in [0.25, 0.3) is 5.91 Å². The second kappa shape index (κ2) is 8.68. The summed E-state index contributed by atoms with van der Waals surface area (Å²) in [5.41, 5.74) is 3.60. The van der Waals surface area contributed by atoms with Crippen molar-refractivity contribution >= 4 is 23.3 Å². The van der Waals surface area contributed by atoms with Gasteiger partial charge in [0.05, 0.1) is 0 Å². The molecule has 1 N–H and O–H groups in total. The maximum Gasteiger partial charge on any atom is 0.326 e. The van der Waals surface area contributed by atoms with Gasteiger partial charge in [-0.2, -0.15) is 0 Å². The predicted molar refractivity (Wildman–Crippen MR) is 116 cm³/mol. The molecular formula is C24H29N3O2. The number of anilines is 2. The zero-order chi connectivity index (χ0) is 20.2. The Bertz CT molecular complexity index is 870. The number of hydrogen-bond acceptors (Lipinski definition) is 2. The third-order valence-electron chi connectivity index (χ3n) is 6.06. The SMILES string of the molecule is CC1CCN(C(=O)c2ccc(NC(=O)N3CCCCc4ccccc43)cc2)CC1. The van der Waals surface area contributed by atoms with Crippen molar-refractivity contribution in [1.82, 2.24) is 4.90 Å². The molecule has 0 bridgehead atoms. The van der Waals surface area contributed by atoms with Crippen LogP contribution in [0.25, 0.3) is 0 Å². The number of nitrogens with zero attached hydrogens (tertiary/aromatic N) is 2. The molecule has 2 aliphatic rings. The smallest absolute Gasteiger partial charge is 0.326 e. The van der Waals surface area contributed by atoms with Gasteiger partial charge in [-0.25, -0.2) is 4.79 Å². The standard InChI is InChI=1S/C24H29N3O2/c1-18-13-16-26(17-14-18)23(28)20-9-11-21(12-10-20)25-24(29)27-15-5-4-7-19-6-2-3-8-22(19)27/h2-3,6,8-12,18H,4-5,7,13-17H2,1H3,(H,25,29). The largest absolute Gasteiger partial charge is 0.339 e. The van der Waals surface area contributed by atoms with E-state index in [-0.39, 0.29) is 11.9 Å². The van der Waals surface area contributed by atoms with Gasteiger partial charge in [-0.1, -0.05) is 25.1 Å². The monoisotopic (exact) mass is 391 g/mol. The maximum absolute atomic E-state index is 12.9. The lowest BCUT2D eigenvalue weighted by molar-refractivity contribution is 0.0697. The van der Waals surface area contributed by atoms with Crippen molar-refractivity contribution < 1.29 is 9.59 Å². The Morgan fingerprint density at radius 2 is 1.66 bits per heavy atom. The van der Waals surface area contributed by atoms with E-state index in [9.17, 15) is 9.59 Å². The molecule has 0 aliphatic carbocycles. The van der Waals surface area contributed by atoms with Gasteiger partial charge in [0, 0.05) is 36.6 Å². The van der Waals surface area contributed by atoms with Gasteiger partial charge in [0.1, 0.15) is 0 Å². The van der Waals surface area contributed by atoms with Crippen LogP contribution >= 0.6 is 0 Å². The van der Waals surface area contributed by atoms with Crippen molar-refractivity contribution in [2.24, 2.45) is 5.92 Å². The first-order chi connectivity index (χ1) is 14.1. The topological polar surface area (TPSA) is 52.7 Å². The minimum atomic E-state index is -0.122. The fourth-order valence-corrected chi connectivity index (χ4v) is 4.18. The molecule has 0 spiro atoms. The molecule has 0 atom stereocenters. The molecule has 29 heavy (non-hydrogen) atoms. The quantitative estimate of drug-likeness (QED) is 0.789. The molecule has 2 aromatic carbocycles. The van der Waals surface area contributed by atoms with Gasteiger partial charge >= 0.3 is 6.03 Å². The van der Waals surface area contributed by atoms with E-state index in [2.05, 4.69) is 18.3 Å². The average Bonchev–Trinajstić information content (AvgIpc) is 2.97. The maximum atomic E-state index is 12.9. The summed E-state index contributed by atoms with van der Waals surface area (Å²) in [5.74, 6) is 0.775. The van der Waals surface area contributed by atoms with Crippen molar-refractivity contribution in [3.63, 3.8) is 0 Å². The average molecular weight is 392 g/mol. The lowest BCUT2D eigenvalue weighted by Gasteiger charge is -2.30. The molecule has 5 nitrogen and oxygen atoms in total. The molecule has 5 heteroatoms. The van der Waals surface area contributed by atoms with Crippen molar-refractivity contribution in [2.75, 3.05) is 29.9 Å². The first-order valence-electron chi connectivity index (χ1n) is 10.7. The summed E-state index contributed by atoms with van der Waals surface area (Å²) in [5, 5.41) is 2.99. The number of carbonyl (C=O) groups excluding carboxylic acids is 2. The van der Waals surface area contributed by atoms with Crippen molar-refractivity contribution in [1.29, 1.82) is 0 Å². The van der Waals surface area contributed by atoms with Crippen LogP contribution in [0.15, 0.2) is 48.5 Å². The van der Waals surface area contributed by atoms with Crippen LogP contribution in [0.3, 0.4) is 0 Å². The highest BCUT2D eigenvalue weighted by Gasteiger charge is 2.23. The lowest BCUT2D eigenvalue weighted by atomic mass is 9.98. The van der Waals surface area contributed by atoms with Gasteiger partial charge in [-0.3, -0.25) is 9.69 Å². The Kier molecular flexibility index (Phi) is 5.84. The lowest BCUT2D eigenvalue weighted by Crippen LogP contribution is -2.38. The minimum absolute atomic E-state index is 0.0798. The number of nitrogens with one attached hydrogen (secondary N) is 1. The Morgan fingerprint density at radius 1 is 0.931 bits per heavy atom. The molecule has 0 aromatic heterocycles. The van der Waals surface area contributed by atoms with Crippen LogP contribution in [0, 0.1) is 5.92 Å². The fraction of sp³-hybridized carbons (Fsp3) is 0.417. The fourth-order valence-electron chi connectivity index (χ4n) is 4.18. The summed E-state index contributed by atoms with van der Waals surface area (Å²) in [4.78, 5) is 29.4. The zero-order valence-electron chi connectivity index (χ0n) is 17.1. The first-order valence-corrected chi connectivity index (χ1v) is 10.7. The van der Waals surface area contributed by atoms with Crippen LogP contribution in [0.2, 0.25) is 0 Å². The molecule has 4 rings (SSSR count). The van der Waals surface area contributed by atoms with E-state index < -0.39 is 0 Å². The molecule has 2 aromatic rings. The zero-order valence-corrected chi connectivity index (χ0v) is 17.1. The van der Waals surface area contributed by atoms with Crippen LogP contribution in [0.4, 0.5) is 16.2 Å². The Balaban J connectivity index is 1.42. The van der Waals surface area contributed by atoms with Crippen LogP contribution < -0.4 is 10.2 Å². The summed E-state index contributed by atoms with van der Waals surface area (Å²) in [6.07, 6.45) is 5.22. The molecule has 3 amide bonds. The molecule has 0 unspecified atom stereocenters. The molecule has 152 valence electrons. The highest BCUT2D eigenvalue weighted by molar-refractivity contribution is 6.02. The molecule has 1 fully saturated rings. The molecule has 0 saturated carbocycles. The molecular weight excluding hydrogens is 362 g/mol. The van der Waals surface area contributed by atoms with E-state index in [4.69, 9.17) is 0 Å². The number of hydrogen-bond donors (Lipinski definition) is 1. The minimum Gasteiger partial charge on any atom is -0.339 e.